The van der Waals surface area contributed by atoms with Crippen LogP contribution in [0, 0.1) is 5.92 Å². The van der Waals surface area contributed by atoms with E-state index in [1.807, 2.05) is 0 Å². The second-order valence-electron chi connectivity index (χ2n) is 4.59. The van der Waals surface area contributed by atoms with Crippen molar-refractivity contribution in [1.29, 1.82) is 0 Å². The van der Waals surface area contributed by atoms with Gasteiger partial charge in [-0.2, -0.15) is 31.4 Å². The zero-order chi connectivity index (χ0) is 16.7. The Labute approximate surface area is 120 Å². The number of rotatable bonds is 3. The van der Waals surface area contributed by atoms with Crippen molar-refractivity contribution in [2.75, 3.05) is 13.2 Å². The number of alkyl halides is 6. The third-order valence-electron chi connectivity index (χ3n) is 3.13. The van der Waals surface area contributed by atoms with Gasteiger partial charge in [-0.1, -0.05) is 0 Å². The van der Waals surface area contributed by atoms with E-state index in [0.29, 0.717) is 10.9 Å². The minimum atomic E-state index is -4.98. The molecule has 1 aromatic heterocycles. The normalized spacial score (nSPS) is 22.3. The second kappa shape index (κ2) is 5.45. The van der Waals surface area contributed by atoms with E-state index in [-0.39, 0.29) is 6.61 Å². The molecule has 1 unspecified atom stereocenters. The fraction of sp³-hybridized carbons (Fsp3) is 0.636. The summed E-state index contributed by atoms with van der Waals surface area (Å²) in [6, 6.07) is 0. The number of hydrogen-bond donors (Lipinski definition) is 1. The third kappa shape index (κ3) is 3.03. The highest BCUT2D eigenvalue weighted by atomic mass is 19.4. The van der Waals surface area contributed by atoms with Gasteiger partial charge in [0.25, 0.3) is 0 Å². The maximum atomic E-state index is 12.9. The van der Waals surface area contributed by atoms with Crippen LogP contribution in [0.15, 0.2) is 6.20 Å². The zero-order valence-corrected chi connectivity index (χ0v) is 11.1. The number of halogens is 6. The van der Waals surface area contributed by atoms with Crippen LogP contribution >= 0.6 is 0 Å². The number of carbonyl (C=O) groups excluding carboxylic acids is 1. The zero-order valence-electron chi connectivity index (χ0n) is 11.1. The highest BCUT2D eigenvalue weighted by Gasteiger charge is 2.52. The van der Waals surface area contributed by atoms with Gasteiger partial charge in [-0.05, 0) is 6.92 Å². The number of esters is 1. The standard InChI is InChI=1S/C11H11F6N3O2/c1-2-22-9(21)5-4-20(19-7(5)11(15,16)17)8-6(3-18-8)10(12,13)14/h4,6,8,18H,2-3H2,1H3/t6?,8-/m1/s1. The number of nitrogens with one attached hydrogen (secondary N) is 1. The minimum Gasteiger partial charge on any atom is -0.462 e. The summed E-state index contributed by atoms with van der Waals surface area (Å²) in [5.41, 5.74) is -2.48. The SMILES string of the molecule is CCOC(=O)c1cn([C@H]2NCC2C(F)(F)F)nc1C(F)(F)F. The molecule has 11 heteroatoms. The van der Waals surface area contributed by atoms with E-state index in [1.165, 1.54) is 6.92 Å². The van der Waals surface area contributed by atoms with Gasteiger partial charge >= 0.3 is 18.3 Å². The average Bonchev–Trinajstić information content (AvgIpc) is 2.69. The monoisotopic (exact) mass is 331 g/mol. The lowest BCUT2D eigenvalue weighted by Gasteiger charge is -2.38. The molecule has 0 aliphatic carbocycles. The lowest BCUT2D eigenvalue weighted by atomic mass is 9.98. The number of hydrogen-bond acceptors (Lipinski definition) is 4. The van der Waals surface area contributed by atoms with Crippen molar-refractivity contribution in [2.45, 2.75) is 25.4 Å². The van der Waals surface area contributed by atoms with Crippen LogP contribution in [0.25, 0.3) is 0 Å². The largest absolute Gasteiger partial charge is 0.462 e. The molecule has 22 heavy (non-hydrogen) atoms. The van der Waals surface area contributed by atoms with Gasteiger partial charge in [-0.25, -0.2) is 4.79 Å². The van der Waals surface area contributed by atoms with E-state index in [9.17, 15) is 31.1 Å². The summed E-state index contributed by atoms with van der Waals surface area (Å²) < 4.78 is 81.5. The first kappa shape index (κ1) is 16.6. The molecule has 0 amide bonds. The van der Waals surface area contributed by atoms with Crippen molar-refractivity contribution in [3.8, 4) is 0 Å². The molecular weight excluding hydrogens is 320 g/mol. The molecule has 1 aromatic rings. The number of aromatic nitrogens is 2. The van der Waals surface area contributed by atoms with Gasteiger partial charge in [0.1, 0.15) is 17.6 Å². The van der Waals surface area contributed by atoms with Crippen LogP contribution in [-0.2, 0) is 10.9 Å². The van der Waals surface area contributed by atoms with E-state index < -0.39 is 48.2 Å². The fourth-order valence-corrected chi connectivity index (χ4v) is 2.02. The smallest absolute Gasteiger partial charge is 0.436 e. The van der Waals surface area contributed by atoms with Crippen molar-refractivity contribution in [3.05, 3.63) is 17.5 Å². The van der Waals surface area contributed by atoms with Crippen molar-refractivity contribution >= 4 is 5.97 Å². The Morgan fingerprint density at radius 3 is 2.45 bits per heavy atom. The van der Waals surface area contributed by atoms with Crippen LogP contribution in [0.4, 0.5) is 26.3 Å². The number of ether oxygens (including phenoxy) is 1. The second-order valence-corrected chi connectivity index (χ2v) is 4.59. The maximum Gasteiger partial charge on any atom is 0.436 e. The predicted octanol–water partition coefficient (Wildman–Crippen LogP) is 2.36. The molecular formula is C11H11F6N3O2. The fourth-order valence-electron chi connectivity index (χ4n) is 2.02. The lowest BCUT2D eigenvalue weighted by Crippen LogP contribution is -2.55. The van der Waals surface area contributed by atoms with Crippen LogP contribution in [0.3, 0.4) is 0 Å². The van der Waals surface area contributed by atoms with E-state index in [2.05, 4.69) is 15.2 Å². The Kier molecular flexibility index (Phi) is 4.11. The van der Waals surface area contributed by atoms with Crippen LogP contribution in [0.1, 0.15) is 29.1 Å². The third-order valence-corrected chi connectivity index (χ3v) is 3.13. The quantitative estimate of drug-likeness (QED) is 0.682. The minimum absolute atomic E-state index is 0.172. The van der Waals surface area contributed by atoms with E-state index in [4.69, 9.17) is 0 Å². The van der Waals surface area contributed by atoms with Crippen LogP contribution in [0.5, 0.6) is 0 Å². The average molecular weight is 331 g/mol. The van der Waals surface area contributed by atoms with Gasteiger partial charge in [-0.3, -0.25) is 10.00 Å². The Morgan fingerprint density at radius 1 is 1.41 bits per heavy atom. The van der Waals surface area contributed by atoms with Gasteiger partial charge in [0.15, 0.2) is 5.69 Å². The number of nitrogens with zero attached hydrogens (tertiary/aromatic N) is 2. The lowest BCUT2D eigenvalue weighted by molar-refractivity contribution is -0.210. The molecule has 1 aliphatic rings. The summed E-state index contributed by atoms with van der Waals surface area (Å²) in [5.74, 6) is -3.16. The molecule has 0 aromatic carbocycles. The van der Waals surface area contributed by atoms with Crippen LogP contribution in [-0.4, -0.2) is 35.1 Å². The molecule has 0 bridgehead atoms. The molecule has 1 N–H and O–H groups in total. The molecule has 1 fully saturated rings. The summed E-state index contributed by atoms with van der Waals surface area (Å²) >= 11 is 0. The van der Waals surface area contributed by atoms with Crippen molar-refractivity contribution in [2.24, 2.45) is 5.92 Å². The van der Waals surface area contributed by atoms with Crippen molar-refractivity contribution in [1.82, 2.24) is 15.1 Å². The summed E-state index contributed by atoms with van der Waals surface area (Å²) in [4.78, 5) is 11.5. The Bertz CT molecular complexity index is 565. The van der Waals surface area contributed by atoms with Crippen LogP contribution < -0.4 is 5.32 Å². The summed E-state index contributed by atoms with van der Waals surface area (Å²) in [6.07, 6.45) is -10.4. The van der Waals surface area contributed by atoms with E-state index >= 15 is 0 Å². The summed E-state index contributed by atoms with van der Waals surface area (Å²) in [7, 11) is 0. The topological polar surface area (TPSA) is 56.1 Å². The number of carbonyl (C=O) groups is 1. The molecule has 2 heterocycles. The van der Waals surface area contributed by atoms with Gasteiger partial charge in [0.2, 0.25) is 0 Å². The first-order valence-electron chi connectivity index (χ1n) is 6.19. The Morgan fingerprint density at radius 2 is 2.05 bits per heavy atom. The molecule has 1 saturated heterocycles. The van der Waals surface area contributed by atoms with Crippen molar-refractivity contribution in [3.63, 3.8) is 0 Å². The highest BCUT2D eigenvalue weighted by Crippen LogP contribution is 2.39. The Balaban J connectivity index is 2.37. The molecule has 2 rings (SSSR count). The van der Waals surface area contributed by atoms with Gasteiger partial charge < -0.3 is 4.74 Å². The Hall–Kier alpha value is -1.78. The molecule has 124 valence electrons. The molecule has 2 atom stereocenters. The molecule has 0 radical (unpaired) electrons. The summed E-state index contributed by atoms with van der Waals surface area (Å²) in [5, 5.41) is 5.44. The van der Waals surface area contributed by atoms with Crippen LogP contribution in [0.2, 0.25) is 0 Å². The van der Waals surface area contributed by atoms with Gasteiger partial charge in [0, 0.05) is 12.7 Å². The molecule has 0 spiro atoms. The van der Waals surface area contributed by atoms with Crippen molar-refractivity contribution < 1.29 is 35.9 Å². The molecule has 0 saturated carbocycles. The molecule has 1 aliphatic heterocycles. The summed E-state index contributed by atoms with van der Waals surface area (Å²) in [6.45, 7) is 0.793. The highest BCUT2D eigenvalue weighted by molar-refractivity contribution is 5.90. The first-order valence-corrected chi connectivity index (χ1v) is 6.19. The van der Waals surface area contributed by atoms with E-state index in [0.717, 1.165) is 0 Å². The van der Waals surface area contributed by atoms with Gasteiger partial charge in [-0.15, -0.1) is 0 Å². The first-order chi connectivity index (χ1) is 10.1. The predicted molar refractivity (Wildman–Crippen MR) is 59.8 cm³/mol. The maximum absolute atomic E-state index is 12.9. The van der Waals surface area contributed by atoms with Gasteiger partial charge in [0.05, 0.1) is 6.61 Å². The van der Waals surface area contributed by atoms with E-state index in [1.54, 1.807) is 0 Å². The molecule has 5 nitrogen and oxygen atoms in total.